The SMILES string of the molecule is NC(=O)CSc1ccccc1C(=O)NCCCOC1CCCCC1. The van der Waals surface area contributed by atoms with Crippen LogP contribution >= 0.6 is 11.8 Å². The van der Waals surface area contributed by atoms with E-state index in [0.29, 0.717) is 24.8 Å². The molecule has 0 aliphatic heterocycles. The molecule has 0 atom stereocenters. The van der Waals surface area contributed by atoms with Crippen LogP contribution in [0, 0.1) is 0 Å². The number of nitrogens with one attached hydrogen (secondary N) is 1. The number of carbonyl (C=O) groups is 2. The minimum Gasteiger partial charge on any atom is -0.378 e. The van der Waals surface area contributed by atoms with E-state index in [1.807, 2.05) is 18.2 Å². The van der Waals surface area contributed by atoms with Crippen molar-refractivity contribution in [3.8, 4) is 0 Å². The van der Waals surface area contributed by atoms with Crippen molar-refractivity contribution in [2.75, 3.05) is 18.9 Å². The highest BCUT2D eigenvalue weighted by Gasteiger charge is 2.14. The number of hydrogen-bond donors (Lipinski definition) is 2. The molecule has 0 heterocycles. The van der Waals surface area contributed by atoms with E-state index in [1.54, 1.807) is 6.07 Å². The molecule has 132 valence electrons. The van der Waals surface area contributed by atoms with Crippen LogP contribution < -0.4 is 11.1 Å². The molecule has 2 rings (SSSR count). The van der Waals surface area contributed by atoms with E-state index in [1.165, 1.54) is 31.0 Å². The third-order valence-electron chi connectivity index (χ3n) is 4.01. The fourth-order valence-electron chi connectivity index (χ4n) is 2.78. The van der Waals surface area contributed by atoms with Gasteiger partial charge >= 0.3 is 0 Å². The number of nitrogens with two attached hydrogens (primary N) is 1. The molecule has 0 aromatic heterocycles. The number of benzene rings is 1. The smallest absolute Gasteiger partial charge is 0.252 e. The third kappa shape index (κ3) is 6.53. The van der Waals surface area contributed by atoms with Gasteiger partial charge in [0.05, 0.1) is 17.4 Å². The highest BCUT2D eigenvalue weighted by Crippen LogP contribution is 2.22. The quantitative estimate of drug-likeness (QED) is 0.530. The molecule has 5 nitrogen and oxygen atoms in total. The van der Waals surface area contributed by atoms with E-state index in [9.17, 15) is 9.59 Å². The molecule has 6 heteroatoms. The number of hydrogen-bond acceptors (Lipinski definition) is 4. The van der Waals surface area contributed by atoms with Crippen molar-refractivity contribution < 1.29 is 14.3 Å². The first kappa shape index (κ1) is 18.8. The summed E-state index contributed by atoms with van der Waals surface area (Å²) in [4.78, 5) is 24.0. The Labute approximate surface area is 147 Å². The van der Waals surface area contributed by atoms with Crippen LogP contribution in [0.5, 0.6) is 0 Å². The van der Waals surface area contributed by atoms with Gasteiger partial charge in [-0.25, -0.2) is 0 Å². The topological polar surface area (TPSA) is 81.4 Å². The van der Waals surface area contributed by atoms with Crippen LogP contribution in [-0.2, 0) is 9.53 Å². The average Bonchev–Trinajstić information content (AvgIpc) is 2.60. The number of primary amides is 1. The standard InChI is InChI=1S/C18H26N2O3S/c19-17(21)13-24-16-10-5-4-9-15(16)18(22)20-11-6-12-23-14-7-2-1-3-8-14/h4-5,9-10,14H,1-3,6-8,11-13H2,(H2,19,21)(H,20,22). The molecule has 1 fully saturated rings. The third-order valence-corrected chi connectivity index (χ3v) is 5.11. The monoisotopic (exact) mass is 350 g/mol. The van der Waals surface area contributed by atoms with E-state index in [4.69, 9.17) is 10.5 Å². The minimum atomic E-state index is -0.393. The van der Waals surface area contributed by atoms with Crippen LogP contribution in [0.2, 0.25) is 0 Å². The number of ether oxygens (including phenoxy) is 1. The first-order valence-electron chi connectivity index (χ1n) is 8.57. The predicted octanol–water partition coefficient (Wildman–Crippen LogP) is 2.73. The molecule has 3 N–H and O–H groups in total. The largest absolute Gasteiger partial charge is 0.378 e. The molecule has 0 bridgehead atoms. The molecule has 2 amide bonds. The van der Waals surface area contributed by atoms with E-state index in [-0.39, 0.29) is 11.7 Å². The van der Waals surface area contributed by atoms with E-state index < -0.39 is 5.91 Å². The Morgan fingerprint density at radius 1 is 1.21 bits per heavy atom. The number of carbonyl (C=O) groups excluding carboxylic acids is 2. The molecular weight excluding hydrogens is 324 g/mol. The summed E-state index contributed by atoms with van der Waals surface area (Å²) in [6.07, 6.45) is 7.39. The zero-order valence-electron chi connectivity index (χ0n) is 14.0. The molecule has 1 aliphatic rings. The van der Waals surface area contributed by atoms with E-state index in [2.05, 4.69) is 5.32 Å². The van der Waals surface area contributed by atoms with Gasteiger partial charge in [-0.05, 0) is 31.4 Å². The van der Waals surface area contributed by atoms with Gasteiger partial charge in [0.2, 0.25) is 5.91 Å². The Kier molecular flexibility index (Phi) is 8.12. The van der Waals surface area contributed by atoms with Crippen molar-refractivity contribution in [1.29, 1.82) is 0 Å². The molecule has 1 aliphatic carbocycles. The molecule has 1 saturated carbocycles. The van der Waals surface area contributed by atoms with Crippen LogP contribution in [-0.4, -0.2) is 36.8 Å². The Bertz CT molecular complexity index is 545. The lowest BCUT2D eigenvalue weighted by atomic mass is 9.98. The second kappa shape index (κ2) is 10.4. The first-order chi connectivity index (χ1) is 11.7. The van der Waals surface area contributed by atoms with Gasteiger partial charge in [-0.2, -0.15) is 0 Å². The van der Waals surface area contributed by atoms with Gasteiger partial charge in [-0.1, -0.05) is 31.4 Å². The highest BCUT2D eigenvalue weighted by molar-refractivity contribution is 8.00. The number of thioether (sulfide) groups is 1. The summed E-state index contributed by atoms with van der Waals surface area (Å²) in [6, 6.07) is 7.25. The molecule has 0 radical (unpaired) electrons. The zero-order chi connectivity index (χ0) is 17.2. The van der Waals surface area contributed by atoms with E-state index in [0.717, 1.165) is 24.2 Å². The van der Waals surface area contributed by atoms with Crippen LogP contribution in [0.3, 0.4) is 0 Å². The van der Waals surface area contributed by atoms with Crippen molar-refractivity contribution in [1.82, 2.24) is 5.32 Å². The molecule has 0 unspecified atom stereocenters. The Morgan fingerprint density at radius 3 is 2.71 bits per heavy atom. The summed E-state index contributed by atoms with van der Waals surface area (Å²) in [5, 5.41) is 2.92. The Balaban J connectivity index is 1.71. The predicted molar refractivity (Wildman–Crippen MR) is 96.1 cm³/mol. The van der Waals surface area contributed by atoms with Crippen molar-refractivity contribution in [2.45, 2.75) is 49.5 Å². The maximum Gasteiger partial charge on any atom is 0.252 e. The molecule has 1 aromatic carbocycles. The summed E-state index contributed by atoms with van der Waals surface area (Å²) >= 11 is 1.29. The summed E-state index contributed by atoms with van der Waals surface area (Å²) < 4.78 is 5.85. The summed E-state index contributed by atoms with van der Waals surface area (Å²) in [7, 11) is 0. The van der Waals surface area contributed by atoms with Crippen molar-refractivity contribution >= 4 is 23.6 Å². The molecule has 24 heavy (non-hydrogen) atoms. The van der Waals surface area contributed by atoms with Gasteiger partial charge in [-0.15, -0.1) is 11.8 Å². The maximum atomic E-state index is 12.3. The number of amides is 2. The maximum absolute atomic E-state index is 12.3. The van der Waals surface area contributed by atoms with E-state index >= 15 is 0 Å². The molecular formula is C18H26N2O3S. The normalized spacial score (nSPS) is 15.2. The van der Waals surface area contributed by atoms with Crippen molar-refractivity contribution in [3.63, 3.8) is 0 Å². The summed E-state index contributed by atoms with van der Waals surface area (Å²) in [6.45, 7) is 1.27. The van der Waals surface area contributed by atoms with Gasteiger partial charge in [-0.3, -0.25) is 9.59 Å². The van der Waals surface area contributed by atoms with Gasteiger partial charge in [0.1, 0.15) is 0 Å². The van der Waals surface area contributed by atoms with Crippen LogP contribution in [0.25, 0.3) is 0 Å². The first-order valence-corrected chi connectivity index (χ1v) is 9.55. The number of rotatable bonds is 9. The second-order valence-electron chi connectivity index (χ2n) is 5.99. The molecule has 0 saturated heterocycles. The van der Waals surface area contributed by atoms with Crippen molar-refractivity contribution in [2.24, 2.45) is 5.73 Å². The Morgan fingerprint density at radius 2 is 1.96 bits per heavy atom. The van der Waals surface area contributed by atoms with Crippen LogP contribution in [0.15, 0.2) is 29.2 Å². The lowest BCUT2D eigenvalue weighted by Crippen LogP contribution is -2.26. The lowest BCUT2D eigenvalue weighted by Gasteiger charge is -2.21. The van der Waals surface area contributed by atoms with Crippen molar-refractivity contribution in [3.05, 3.63) is 29.8 Å². The lowest BCUT2D eigenvalue weighted by molar-refractivity contribution is -0.115. The fraction of sp³-hybridized carbons (Fsp3) is 0.556. The zero-order valence-corrected chi connectivity index (χ0v) is 14.8. The molecule has 0 spiro atoms. The fourth-order valence-corrected chi connectivity index (χ4v) is 3.57. The van der Waals surface area contributed by atoms with Gasteiger partial charge in [0.25, 0.3) is 5.91 Å². The summed E-state index contributed by atoms with van der Waals surface area (Å²) in [5.74, 6) is -0.352. The average molecular weight is 350 g/mol. The van der Waals surface area contributed by atoms with Gasteiger partial charge in [0, 0.05) is 18.0 Å². The summed E-state index contributed by atoms with van der Waals surface area (Å²) in [5.41, 5.74) is 5.75. The molecule has 1 aromatic rings. The Hall–Kier alpha value is -1.53. The second-order valence-corrected chi connectivity index (χ2v) is 7.01. The van der Waals surface area contributed by atoms with Gasteiger partial charge in [0.15, 0.2) is 0 Å². The van der Waals surface area contributed by atoms with Crippen LogP contribution in [0.4, 0.5) is 0 Å². The van der Waals surface area contributed by atoms with Gasteiger partial charge < -0.3 is 15.8 Å². The highest BCUT2D eigenvalue weighted by atomic mass is 32.2. The van der Waals surface area contributed by atoms with Crippen LogP contribution in [0.1, 0.15) is 48.9 Å². The minimum absolute atomic E-state index is 0.125.